The summed E-state index contributed by atoms with van der Waals surface area (Å²) in [6.07, 6.45) is 1.97. The Kier molecular flexibility index (Phi) is 4.49. The number of benzene rings is 1. The largest absolute Gasteiger partial charge is 0.495 e. The van der Waals surface area contributed by atoms with Crippen molar-refractivity contribution in [2.75, 3.05) is 33.3 Å². The molecule has 0 spiro atoms. The summed E-state index contributed by atoms with van der Waals surface area (Å²) in [4.78, 5) is 12.3. The Labute approximate surface area is 119 Å². The summed E-state index contributed by atoms with van der Waals surface area (Å²) in [5, 5.41) is 3.30. The number of esters is 1. The van der Waals surface area contributed by atoms with E-state index in [1.54, 1.807) is 14.2 Å². The number of anilines is 1. The van der Waals surface area contributed by atoms with Crippen LogP contribution in [0.5, 0.6) is 5.75 Å². The van der Waals surface area contributed by atoms with Crippen LogP contribution in [0.1, 0.15) is 12.8 Å². The van der Waals surface area contributed by atoms with Crippen molar-refractivity contribution in [2.24, 2.45) is 5.92 Å². The molecule has 20 heavy (non-hydrogen) atoms. The zero-order valence-electron chi connectivity index (χ0n) is 12.1. The first-order valence-electron chi connectivity index (χ1n) is 6.66. The molecule has 5 nitrogen and oxygen atoms in total. The summed E-state index contributed by atoms with van der Waals surface area (Å²) < 4.78 is 15.6. The van der Waals surface area contributed by atoms with Gasteiger partial charge in [-0.2, -0.15) is 0 Å². The first-order valence-corrected chi connectivity index (χ1v) is 6.66. The van der Waals surface area contributed by atoms with Crippen LogP contribution in [0.4, 0.5) is 5.69 Å². The minimum Gasteiger partial charge on any atom is -0.495 e. The highest BCUT2D eigenvalue weighted by molar-refractivity contribution is 5.86. The van der Waals surface area contributed by atoms with E-state index < -0.39 is 5.54 Å². The van der Waals surface area contributed by atoms with Crippen LogP contribution in [-0.4, -0.2) is 39.4 Å². The minimum absolute atomic E-state index is 0.222. The van der Waals surface area contributed by atoms with Gasteiger partial charge in [-0.05, 0) is 30.9 Å². The molecule has 1 unspecified atom stereocenters. The van der Waals surface area contributed by atoms with E-state index in [0.29, 0.717) is 5.75 Å². The molecule has 5 heteroatoms. The first kappa shape index (κ1) is 14.7. The number of para-hydroxylation sites is 2. The number of hydrogen-bond acceptors (Lipinski definition) is 5. The molecule has 0 saturated heterocycles. The zero-order chi connectivity index (χ0) is 14.6. The molecule has 1 aliphatic carbocycles. The van der Waals surface area contributed by atoms with Gasteiger partial charge in [0.2, 0.25) is 0 Å². The summed E-state index contributed by atoms with van der Waals surface area (Å²) in [6, 6.07) is 7.52. The van der Waals surface area contributed by atoms with E-state index in [0.717, 1.165) is 18.5 Å². The highest BCUT2D eigenvalue weighted by Gasteiger charge is 2.52. The van der Waals surface area contributed by atoms with Gasteiger partial charge in [0.25, 0.3) is 0 Å². The van der Waals surface area contributed by atoms with Crippen LogP contribution in [-0.2, 0) is 14.3 Å². The van der Waals surface area contributed by atoms with Crippen LogP contribution < -0.4 is 10.1 Å². The third-order valence-corrected chi connectivity index (χ3v) is 3.66. The Morgan fingerprint density at radius 2 is 2.00 bits per heavy atom. The van der Waals surface area contributed by atoms with Crippen molar-refractivity contribution in [3.05, 3.63) is 24.3 Å². The Morgan fingerprint density at radius 3 is 2.55 bits per heavy atom. The van der Waals surface area contributed by atoms with Crippen molar-refractivity contribution in [3.8, 4) is 5.75 Å². The van der Waals surface area contributed by atoms with E-state index in [-0.39, 0.29) is 18.5 Å². The van der Waals surface area contributed by atoms with E-state index in [9.17, 15) is 4.79 Å². The maximum atomic E-state index is 12.3. The van der Waals surface area contributed by atoms with Gasteiger partial charge in [-0.3, -0.25) is 0 Å². The Bertz CT molecular complexity index is 473. The Balaban J connectivity index is 2.33. The van der Waals surface area contributed by atoms with Crippen LogP contribution >= 0.6 is 0 Å². The van der Waals surface area contributed by atoms with Gasteiger partial charge in [0, 0.05) is 7.11 Å². The summed E-state index contributed by atoms with van der Waals surface area (Å²) in [5.74, 6) is 0.616. The van der Waals surface area contributed by atoms with Crippen molar-refractivity contribution < 1.29 is 19.0 Å². The number of rotatable bonds is 7. The summed E-state index contributed by atoms with van der Waals surface area (Å²) in [5.41, 5.74) is -0.0812. The van der Waals surface area contributed by atoms with Crippen LogP contribution in [0.3, 0.4) is 0 Å². The molecular formula is C15H21NO4. The molecule has 0 aromatic heterocycles. The van der Waals surface area contributed by atoms with Gasteiger partial charge < -0.3 is 19.5 Å². The molecule has 1 atom stereocenters. The SMILES string of the molecule is COCC(Nc1ccccc1OC)(C(=O)OC)C1CC1. The van der Waals surface area contributed by atoms with E-state index in [4.69, 9.17) is 14.2 Å². The Morgan fingerprint density at radius 1 is 1.30 bits per heavy atom. The quantitative estimate of drug-likeness (QED) is 0.774. The molecule has 0 bridgehead atoms. The van der Waals surface area contributed by atoms with Gasteiger partial charge in [0.1, 0.15) is 5.75 Å². The molecule has 1 aromatic carbocycles. The molecule has 0 radical (unpaired) electrons. The second kappa shape index (κ2) is 6.13. The van der Waals surface area contributed by atoms with Gasteiger partial charge in [0.05, 0.1) is 26.5 Å². The standard InChI is InChI=1S/C15H21NO4/c1-18-10-15(11-8-9-11,14(17)20-3)16-12-6-4-5-7-13(12)19-2/h4-7,11,16H,8-10H2,1-3H3. The number of methoxy groups -OCH3 is 3. The number of carbonyl (C=O) groups excluding carboxylic acids is 1. The summed E-state index contributed by atoms with van der Waals surface area (Å²) >= 11 is 0. The molecule has 1 saturated carbocycles. The van der Waals surface area contributed by atoms with Gasteiger partial charge in [-0.25, -0.2) is 4.79 Å². The molecule has 2 rings (SSSR count). The topological polar surface area (TPSA) is 56.8 Å². The molecule has 1 N–H and O–H groups in total. The lowest BCUT2D eigenvalue weighted by molar-refractivity contribution is -0.149. The lowest BCUT2D eigenvalue weighted by Gasteiger charge is -2.33. The maximum absolute atomic E-state index is 12.3. The fourth-order valence-electron chi connectivity index (χ4n) is 2.51. The van der Waals surface area contributed by atoms with Crippen molar-refractivity contribution in [1.29, 1.82) is 0 Å². The minimum atomic E-state index is -0.849. The third-order valence-electron chi connectivity index (χ3n) is 3.66. The average molecular weight is 279 g/mol. The molecule has 0 amide bonds. The maximum Gasteiger partial charge on any atom is 0.334 e. The van der Waals surface area contributed by atoms with Crippen molar-refractivity contribution in [2.45, 2.75) is 18.4 Å². The average Bonchev–Trinajstić information content (AvgIpc) is 3.31. The summed E-state index contributed by atoms with van der Waals surface area (Å²) in [6.45, 7) is 0.266. The lowest BCUT2D eigenvalue weighted by atomic mass is 9.93. The lowest BCUT2D eigenvalue weighted by Crippen LogP contribution is -2.53. The van der Waals surface area contributed by atoms with E-state index in [1.807, 2.05) is 24.3 Å². The van der Waals surface area contributed by atoms with Gasteiger partial charge in [-0.15, -0.1) is 0 Å². The fourth-order valence-corrected chi connectivity index (χ4v) is 2.51. The molecule has 0 aliphatic heterocycles. The Hall–Kier alpha value is -1.75. The summed E-state index contributed by atoms with van der Waals surface area (Å²) in [7, 11) is 4.59. The van der Waals surface area contributed by atoms with Crippen LogP contribution in [0.15, 0.2) is 24.3 Å². The van der Waals surface area contributed by atoms with Crippen LogP contribution in [0.2, 0.25) is 0 Å². The molecule has 1 fully saturated rings. The van der Waals surface area contributed by atoms with Crippen molar-refractivity contribution in [3.63, 3.8) is 0 Å². The third kappa shape index (κ3) is 2.72. The molecule has 110 valence electrons. The van der Waals surface area contributed by atoms with Crippen molar-refractivity contribution in [1.82, 2.24) is 0 Å². The zero-order valence-corrected chi connectivity index (χ0v) is 12.1. The van der Waals surface area contributed by atoms with Crippen LogP contribution in [0.25, 0.3) is 0 Å². The first-order chi connectivity index (χ1) is 9.67. The highest BCUT2D eigenvalue weighted by Crippen LogP contribution is 2.43. The highest BCUT2D eigenvalue weighted by atomic mass is 16.5. The second-order valence-electron chi connectivity index (χ2n) is 5.00. The predicted molar refractivity (Wildman–Crippen MR) is 76.0 cm³/mol. The fraction of sp³-hybridized carbons (Fsp3) is 0.533. The number of carbonyl (C=O) groups is 1. The number of nitrogens with one attached hydrogen (secondary N) is 1. The predicted octanol–water partition coefficient (Wildman–Crippen LogP) is 2.08. The van der Waals surface area contributed by atoms with Crippen molar-refractivity contribution >= 4 is 11.7 Å². The van der Waals surface area contributed by atoms with Gasteiger partial charge >= 0.3 is 5.97 Å². The smallest absolute Gasteiger partial charge is 0.334 e. The normalized spacial score (nSPS) is 17.1. The second-order valence-corrected chi connectivity index (χ2v) is 5.00. The van der Waals surface area contributed by atoms with E-state index in [1.165, 1.54) is 7.11 Å². The molecule has 1 aliphatic rings. The molecule has 1 aromatic rings. The van der Waals surface area contributed by atoms with Gasteiger partial charge in [0.15, 0.2) is 5.54 Å². The number of hydrogen-bond donors (Lipinski definition) is 1. The molecular weight excluding hydrogens is 258 g/mol. The monoisotopic (exact) mass is 279 g/mol. The number of ether oxygens (including phenoxy) is 3. The molecule has 0 heterocycles. The van der Waals surface area contributed by atoms with Crippen LogP contribution in [0, 0.1) is 5.92 Å². The van der Waals surface area contributed by atoms with E-state index >= 15 is 0 Å². The van der Waals surface area contributed by atoms with Gasteiger partial charge in [-0.1, -0.05) is 12.1 Å². The van der Waals surface area contributed by atoms with E-state index in [2.05, 4.69) is 5.32 Å².